The summed E-state index contributed by atoms with van der Waals surface area (Å²) >= 11 is 0. The Hall–Kier alpha value is -2.89. The number of nitrogens with zero attached hydrogens (tertiary/aromatic N) is 4. The van der Waals surface area contributed by atoms with Crippen LogP contribution in [0.1, 0.15) is 37.7 Å². The molecule has 2 amide bonds. The zero-order valence-electron chi connectivity index (χ0n) is 16.6. The van der Waals surface area contributed by atoms with Crippen molar-refractivity contribution in [3.8, 4) is 5.69 Å². The summed E-state index contributed by atoms with van der Waals surface area (Å²) in [5.41, 5.74) is 1.79. The van der Waals surface area contributed by atoms with E-state index in [1.807, 2.05) is 48.5 Å². The van der Waals surface area contributed by atoms with Gasteiger partial charge in [0.2, 0.25) is 11.8 Å². The molecule has 1 aliphatic carbocycles. The van der Waals surface area contributed by atoms with Gasteiger partial charge >= 0.3 is 0 Å². The average Bonchev–Trinajstić information content (AvgIpc) is 3.21. The number of carbonyl (C=O) groups is 2. The van der Waals surface area contributed by atoms with Crippen molar-refractivity contribution in [3.63, 3.8) is 0 Å². The number of amides is 2. The lowest BCUT2D eigenvalue weighted by atomic mass is 9.94. The fourth-order valence-electron chi connectivity index (χ4n) is 3.50. The molecular weight excluding hydrogens is 352 g/mol. The highest BCUT2D eigenvalue weighted by atomic mass is 16.2. The third kappa shape index (κ3) is 5.09. The molecule has 0 N–H and O–H groups in total. The second-order valence-electron chi connectivity index (χ2n) is 7.38. The summed E-state index contributed by atoms with van der Waals surface area (Å²) in [6, 6.07) is 10.1. The number of hydrogen-bond donors (Lipinski definition) is 0. The van der Waals surface area contributed by atoms with Crippen LogP contribution >= 0.6 is 0 Å². The van der Waals surface area contributed by atoms with Crippen molar-refractivity contribution in [2.45, 2.75) is 38.1 Å². The van der Waals surface area contributed by atoms with E-state index in [1.54, 1.807) is 24.0 Å². The summed E-state index contributed by atoms with van der Waals surface area (Å²) in [6.45, 7) is 0.0967. The van der Waals surface area contributed by atoms with E-state index in [-0.39, 0.29) is 18.4 Å². The second kappa shape index (κ2) is 9.35. The van der Waals surface area contributed by atoms with E-state index >= 15 is 0 Å². The molecule has 2 aromatic rings. The van der Waals surface area contributed by atoms with Crippen molar-refractivity contribution in [2.75, 3.05) is 20.6 Å². The molecule has 1 fully saturated rings. The number of carbonyl (C=O) groups excluding carboxylic acids is 2. The highest BCUT2D eigenvalue weighted by molar-refractivity contribution is 5.94. The Bertz CT molecular complexity index is 822. The van der Waals surface area contributed by atoms with Crippen LogP contribution in [0.2, 0.25) is 0 Å². The first kappa shape index (κ1) is 19.9. The largest absolute Gasteiger partial charge is 0.341 e. The summed E-state index contributed by atoms with van der Waals surface area (Å²) in [6.07, 6.45) is 12.5. The van der Waals surface area contributed by atoms with Crippen molar-refractivity contribution in [3.05, 3.63) is 54.4 Å². The number of aromatic nitrogens is 2. The predicted octanol–water partition coefficient (Wildman–Crippen LogP) is 3.14. The number of rotatable bonds is 6. The highest BCUT2D eigenvalue weighted by Crippen LogP contribution is 2.21. The van der Waals surface area contributed by atoms with Crippen molar-refractivity contribution in [1.82, 2.24) is 19.6 Å². The molecule has 0 saturated heterocycles. The molecular formula is C22H28N4O2. The first-order chi connectivity index (χ1) is 13.5. The average molecular weight is 380 g/mol. The van der Waals surface area contributed by atoms with Gasteiger partial charge in [-0.15, -0.1) is 0 Å². The minimum absolute atomic E-state index is 0.00644. The quantitative estimate of drug-likeness (QED) is 0.724. The first-order valence-corrected chi connectivity index (χ1v) is 9.83. The van der Waals surface area contributed by atoms with Crippen LogP contribution in [-0.4, -0.2) is 58.1 Å². The lowest BCUT2D eigenvalue weighted by Crippen LogP contribution is -2.44. The third-order valence-corrected chi connectivity index (χ3v) is 5.31. The maximum absolute atomic E-state index is 12.5. The van der Waals surface area contributed by atoms with E-state index in [2.05, 4.69) is 5.10 Å². The summed E-state index contributed by atoms with van der Waals surface area (Å²) in [7, 11) is 3.51. The summed E-state index contributed by atoms with van der Waals surface area (Å²) in [5, 5.41) is 4.31. The van der Waals surface area contributed by atoms with Gasteiger partial charge in [-0.25, -0.2) is 4.68 Å². The van der Waals surface area contributed by atoms with Crippen LogP contribution < -0.4 is 0 Å². The van der Waals surface area contributed by atoms with E-state index in [4.69, 9.17) is 0 Å². The van der Waals surface area contributed by atoms with E-state index < -0.39 is 0 Å². The Morgan fingerprint density at radius 3 is 2.57 bits per heavy atom. The summed E-state index contributed by atoms with van der Waals surface area (Å²) in [4.78, 5) is 28.1. The van der Waals surface area contributed by atoms with Crippen LogP contribution in [0.4, 0.5) is 0 Å². The Labute approximate surface area is 166 Å². The van der Waals surface area contributed by atoms with Crippen LogP contribution in [0.25, 0.3) is 11.8 Å². The van der Waals surface area contributed by atoms with Crippen LogP contribution in [0.5, 0.6) is 0 Å². The summed E-state index contributed by atoms with van der Waals surface area (Å²) in [5.74, 6) is -0.203. The number of likely N-dealkylation sites (N-methyl/N-ethyl adjacent to an activating group) is 2. The normalized spacial score (nSPS) is 14.9. The number of hydrogen-bond acceptors (Lipinski definition) is 3. The SMILES string of the molecule is CN(CC(=O)N(C)C1CCCCC1)C(=O)C=Cc1cnn(-c2ccccc2)c1. The molecule has 0 bridgehead atoms. The van der Waals surface area contributed by atoms with Gasteiger partial charge < -0.3 is 9.80 Å². The van der Waals surface area contributed by atoms with Crippen molar-refractivity contribution in [2.24, 2.45) is 0 Å². The molecule has 3 rings (SSSR count). The van der Waals surface area contributed by atoms with E-state index in [9.17, 15) is 9.59 Å². The topological polar surface area (TPSA) is 58.4 Å². The van der Waals surface area contributed by atoms with E-state index in [1.165, 1.54) is 30.2 Å². The van der Waals surface area contributed by atoms with Crippen molar-refractivity contribution < 1.29 is 9.59 Å². The lowest BCUT2D eigenvalue weighted by molar-refractivity contribution is -0.138. The van der Waals surface area contributed by atoms with Gasteiger partial charge in [-0.05, 0) is 31.1 Å². The summed E-state index contributed by atoms with van der Waals surface area (Å²) < 4.78 is 1.76. The zero-order chi connectivity index (χ0) is 19.9. The molecule has 1 aromatic carbocycles. The molecule has 0 unspecified atom stereocenters. The van der Waals surface area contributed by atoms with Gasteiger partial charge in [0.25, 0.3) is 0 Å². The lowest BCUT2D eigenvalue weighted by Gasteiger charge is -2.32. The first-order valence-electron chi connectivity index (χ1n) is 9.83. The molecule has 1 saturated carbocycles. The molecule has 1 aromatic heterocycles. The fraction of sp³-hybridized carbons (Fsp3) is 0.409. The predicted molar refractivity (Wildman–Crippen MR) is 110 cm³/mol. The Morgan fingerprint density at radius 2 is 1.86 bits per heavy atom. The minimum Gasteiger partial charge on any atom is -0.341 e. The molecule has 0 atom stereocenters. The monoisotopic (exact) mass is 380 g/mol. The zero-order valence-corrected chi connectivity index (χ0v) is 16.6. The van der Waals surface area contributed by atoms with Gasteiger partial charge in [0.15, 0.2) is 0 Å². The van der Waals surface area contributed by atoms with Gasteiger partial charge in [0, 0.05) is 38.0 Å². The van der Waals surface area contributed by atoms with Gasteiger partial charge in [-0.1, -0.05) is 37.5 Å². The van der Waals surface area contributed by atoms with Crippen LogP contribution in [0.3, 0.4) is 0 Å². The molecule has 0 aliphatic heterocycles. The van der Waals surface area contributed by atoms with Gasteiger partial charge in [0.1, 0.15) is 0 Å². The molecule has 1 heterocycles. The molecule has 6 heteroatoms. The maximum Gasteiger partial charge on any atom is 0.246 e. The van der Waals surface area contributed by atoms with Crippen LogP contribution in [0, 0.1) is 0 Å². The Morgan fingerprint density at radius 1 is 1.14 bits per heavy atom. The fourth-order valence-corrected chi connectivity index (χ4v) is 3.50. The maximum atomic E-state index is 12.5. The highest BCUT2D eigenvalue weighted by Gasteiger charge is 2.23. The second-order valence-corrected chi connectivity index (χ2v) is 7.38. The number of para-hydroxylation sites is 1. The van der Waals surface area contributed by atoms with Gasteiger partial charge in [-0.3, -0.25) is 9.59 Å². The van der Waals surface area contributed by atoms with Crippen LogP contribution in [-0.2, 0) is 9.59 Å². The van der Waals surface area contributed by atoms with Crippen molar-refractivity contribution in [1.29, 1.82) is 0 Å². The molecule has 6 nitrogen and oxygen atoms in total. The molecule has 28 heavy (non-hydrogen) atoms. The standard InChI is InChI=1S/C22H28N4O2/c1-24(17-22(28)25(2)19-9-5-3-6-10-19)21(27)14-13-18-15-23-26(16-18)20-11-7-4-8-12-20/h4,7-8,11-16,19H,3,5-6,9-10,17H2,1-2H3. The Kier molecular flexibility index (Phi) is 6.63. The molecule has 0 radical (unpaired) electrons. The van der Waals surface area contributed by atoms with E-state index in [0.29, 0.717) is 6.04 Å². The van der Waals surface area contributed by atoms with Gasteiger partial charge in [0.05, 0.1) is 18.4 Å². The van der Waals surface area contributed by atoms with Gasteiger partial charge in [-0.2, -0.15) is 5.10 Å². The minimum atomic E-state index is -0.196. The Balaban J connectivity index is 1.53. The van der Waals surface area contributed by atoms with Crippen molar-refractivity contribution >= 4 is 17.9 Å². The molecule has 1 aliphatic rings. The molecule has 148 valence electrons. The smallest absolute Gasteiger partial charge is 0.246 e. The third-order valence-electron chi connectivity index (χ3n) is 5.31. The number of benzene rings is 1. The van der Waals surface area contributed by atoms with Crippen LogP contribution in [0.15, 0.2) is 48.8 Å². The molecule has 0 spiro atoms. The van der Waals surface area contributed by atoms with E-state index in [0.717, 1.165) is 24.1 Å².